The summed E-state index contributed by atoms with van der Waals surface area (Å²) in [6, 6.07) is -1.58. The summed E-state index contributed by atoms with van der Waals surface area (Å²) in [5.74, 6) is -2.47. The maximum absolute atomic E-state index is 12.3. The Morgan fingerprint density at radius 1 is 0.589 bits per heavy atom. The molecule has 0 radical (unpaired) electrons. The van der Waals surface area contributed by atoms with Crippen LogP contribution in [0, 0.1) is 0 Å². The van der Waals surface area contributed by atoms with Gasteiger partial charge in [0, 0.05) is 12.8 Å². The first-order valence-corrected chi connectivity index (χ1v) is 22.5. The average molecular weight is 808 g/mol. The quantitative estimate of drug-likeness (QED) is 0.0204. The summed E-state index contributed by atoms with van der Waals surface area (Å²) in [5, 5.41) is 21.7. The number of hydrogen-bond acceptors (Lipinski definition) is 8. The van der Waals surface area contributed by atoms with Gasteiger partial charge in [-0.1, -0.05) is 138 Å². The van der Waals surface area contributed by atoms with Gasteiger partial charge in [-0.3, -0.25) is 18.6 Å². The van der Waals surface area contributed by atoms with Crippen molar-refractivity contribution in [3.8, 4) is 0 Å². The van der Waals surface area contributed by atoms with Gasteiger partial charge in [0.05, 0.1) is 13.2 Å². The first-order valence-electron chi connectivity index (χ1n) is 21.0. The van der Waals surface area contributed by atoms with Crippen molar-refractivity contribution in [2.45, 2.75) is 167 Å². The minimum atomic E-state index is -4.78. The molecule has 0 aliphatic carbocycles. The molecule has 0 aliphatic heterocycles. The molecule has 0 heterocycles. The summed E-state index contributed by atoms with van der Waals surface area (Å²) >= 11 is 0. The third kappa shape index (κ3) is 37.8. The van der Waals surface area contributed by atoms with Gasteiger partial charge >= 0.3 is 19.8 Å². The number of rotatable bonds is 38. The molecule has 12 heteroatoms. The van der Waals surface area contributed by atoms with Gasteiger partial charge in [-0.25, -0.2) is 9.36 Å². The van der Waals surface area contributed by atoms with Crippen molar-refractivity contribution in [3.63, 3.8) is 0 Å². The van der Waals surface area contributed by atoms with E-state index in [0.29, 0.717) is 19.3 Å². The van der Waals surface area contributed by atoms with Crippen LogP contribution >= 0.6 is 7.82 Å². The number of unbranched alkanes of at least 4 members (excludes halogenated alkanes) is 12. The second-order valence-electron chi connectivity index (χ2n) is 13.8. The SMILES string of the molecule is CC/C=C\C/C=C\C/C=C\C/C=C\C/C=C\CCCC(=O)NC(COP(=O)(O)OCC(O)COC(=O)CCCCCCC/C=C\CCCCCCCC)C(=O)O. The fourth-order valence-corrected chi connectivity index (χ4v) is 6.00. The fourth-order valence-electron chi connectivity index (χ4n) is 5.23. The summed E-state index contributed by atoms with van der Waals surface area (Å²) in [7, 11) is -4.78. The van der Waals surface area contributed by atoms with Gasteiger partial charge < -0.3 is 25.2 Å². The van der Waals surface area contributed by atoms with Gasteiger partial charge in [0.15, 0.2) is 6.04 Å². The molecular weight excluding hydrogens is 733 g/mol. The number of aliphatic hydroxyl groups excluding tert-OH is 1. The van der Waals surface area contributed by atoms with Gasteiger partial charge in [0.25, 0.3) is 0 Å². The van der Waals surface area contributed by atoms with E-state index in [1.54, 1.807) is 0 Å². The minimum absolute atomic E-state index is 0.0630. The molecule has 0 aromatic rings. The monoisotopic (exact) mass is 808 g/mol. The summed E-state index contributed by atoms with van der Waals surface area (Å²) in [6.07, 6.45) is 45.1. The maximum Gasteiger partial charge on any atom is 0.472 e. The molecule has 0 rings (SSSR count). The highest BCUT2D eigenvalue weighted by atomic mass is 31.2. The zero-order chi connectivity index (χ0) is 41.4. The predicted molar refractivity (Wildman–Crippen MR) is 226 cm³/mol. The van der Waals surface area contributed by atoms with Crippen LogP contribution in [0.1, 0.15) is 155 Å². The van der Waals surface area contributed by atoms with Crippen LogP contribution < -0.4 is 5.32 Å². The summed E-state index contributed by atoms with van der Waals surface area (Å²) in [6.45, 7) is 2.40. The lowest BCUT2D eigenvalue weighted by molar-refractivity contribution is -0.147. The van der Waals surface area contributed by atoms with E-state index < -0.39 is 57.6 Å². The number of aliphatic carboxylic acids is 1. The number of carbonyl (C=O) groups excluding carboxylic acids is 2. The largest absolute Gasteiger partial charge is 0.480 e. The summed E-state index contributed by atoms with van der Waals surface area (Å²) in [5.41, 5.74) is 0. The van der Waals surface area contributed by atoms with Crippen LogP contribution in [0.25, 0.3) is 0 Å². The molecule has 56 heavy (non-hydrogen) atoms. The number of carboxylic acids is 1. The van der Waals surface area contributed by atoms with E-state index in [2.05, 4.69) is 79.9 Å². The van der Waals surface area contributed by atoms with Crippen molar-refractivity contribution in [2.75, 3.05) is 19.8 Å². The summed E-state index contributed by atoms with van der Waals surface area (Å²) in [4.78, 5) is 45.8. The van der Waals surface area contributed by atoms with Crippen LogP contribution in [-0.2, 0) is 32.7 Å². The van der Waals surface area contributed by atoms with Crippen LogP contribution in [0.15, 0.2) is 72.9 Å². The number of esters is 1. The van der Waals surface area contributed by atoms with E-state index >= 15 is 0 Å². The molecule has 0 spiro atoms. The van der Waals surface area contributed by atoms with E-state index in [4.69, 9.17) is 13.8 Å². The first-order chi connectivity index (χ1) is 27.1. The average Bonchev–Trinajstić information content (AvgIpc) is 3.17. The Morgan fingerprint density at radius 3 is 1.61 bits per heavy atom. The summed E-state index contributed by atoms with van der Waals surface area (Å²) < 4.78 is 26.8. The topological polar surface area (TPSA) is 169 Å². The van der Waals surface area contributed by atoms with Crippen LogP contribution in [-0.4, -0.2) is 64.9 Å². The highest BCUT2D eigenvalue weighted by molar-refractivity contribution is 7.47. The number of hydrogen-bond donors (Lipinski definition) is 4. The first kappa shape index (κ1) is 52.9. The number of carbonyl (C=O) groups is 3. The van der Waals surface area contributed by atoms with Gasteiger partial charge in [0.1, 0.15) is 12.7 Å². The van der Waals surface area contributed by atoms with Crippen molar-refractivity contribution in [1.29, 1.82) is 0 Å². The van der Waals surface area contributed by atoms with Crippen LogP contribution in [0.4, 0.5) is 0 Å². The highest BCUT2D eigenvalue weighted by Crippen LogP contribution is 2.43. The van der Waals surface area contributed by atoms with E-state index in [1.165, 1.54) is 38.5 Å². The Labute approximate surface area is 338 Å². The number of phosphoric ester groups is 1. The number of amides is 1. The molecule has 0 saturated carbocycles. The standard InChI is InChI=1S/C44H74NO10P/c1-3-5-7-9-11-13-15-17-19-20-22-23-25-27-29-31-33-35-42(47)45-41(44(49)50)39-55-56(51,52)54-38-40(46)37-53-43(48)36-34-32-30-28-26-24-21-18-16-14-12-10-8-6-4-2/h5,7,11,13,17-19,21-23,27,29,40-41,46H,3-4,6,8-10,12,14-16,20,24-26,28,30-39H2,1-2H3,(H,45,47)(H,49,50)(H,51,52)/b7-5-,13-11-,19-17-,21-18-,23-22-,29-27-. The lowest BCUT2D eigenvalue weighted by Crippen LogP contribution is -2.43. The number of aliphatic hydroxyl groups is 1. The second-order valence-corrected chi connectivity index (χ2v) is 15.2. The molecule has 11 nitrogen and oxygen atoms in total. The predicted octanol–water partition coefficient (Wildman–Crippen LogP) is 10.6. The van der Waals surface area contributed by atoms with Gasteiger partial charge in [-0.05, 0) is 77.0 Å². The number of phosphoric acid groups is 1. The van der Waals surface area contributed by atoms with Crippen molar-refractivity contribution >= 4 is 25.7 Å². The number of nitrogens with one attached hydrogen (secondary N) is 1. The molecule has 320 valence electrons. The van der Waals surface area contributed by atoms with Crippen LogP contribution in [0.5, 0.6) is 0 Å². The zero-order valence-electron chi connectivity index (χ0n) is 34.4. The van der Waals surface area contributed by atoms with E-state index in [0.717, 1.165) is 70.6 Å². The Morgan fingerprint density at radius 2 is 1.05 bits per heavy atom. The zero-order valence-corrected chi connectivity index (χ0v) is 35.3. The Bertz CT molecular complexity index is 1230. The maximum atomic E-state index is 12.3. The fraction of sp³-hybridized carbons (Fsp3) is 0.659. The Kier molecular flexibility index (Phi) is 36.6. The van der Waals surface area contributed by atoms with E-state index in [-0.39, 0.29) is 12.8 Å². The molecule has 0 aliphatic rings. The van der Waals surface area contributed by atoms with Gasteiger partial charge in [0.2, 0.25) is 5.91 Å². The normalized spacial score (nSPS) is 14.5. The molecule has 0 bridgehead atoms. The van der Waals surface area contributed by atoms with Gasteiger partial charge in [-0.2, -0.15) is 0 Å². The smallest absolute Gasteiger partial charge is 0.472 e. The molecular formula is C44H74NO10P. The van der Waals surface area contributed by atoms with Crippen LogP contribution in [0.2, 0.25) is 0 Å². The van der Waals surface area contributed by atoms with Gasteiger partial charge in [-0.15, -0.1) is 0 Å². The Hall–Kier alpha value is -3.08. The number of carboxylic acid groups (broad SMARTS) is 1. The molecule has 1 amide bonds. The van der Waals surface area contributed by atoms with E-state index in [9.17, 15) is 34.1 Å². The van der Waals surface area contributed by atoms with Crippen molar-refractivity contribution in [2.24, 2.45) is 0 Å². The van der Waals surface area contributed by atoms with Crippen molar-refractivity contribution in [1.82, 2.24) is 5.32 Å². The number of ether oxygens (including phenoxy) is 1. The minimum Gasteiger partial charge on any atom is -0.480 e. The second kappa shape index (κ2) is 38.8. The third-order valence-electron chi connectivity index (χ3n) is 8.48. The van der Waals surface area contributed by atoms with Crippen molar-refractivity contribution < 1.29 is 47.8 Å². The van der Waals surface area contributed by atoms with E-state index in [1.807, 2.05) is 12.2 Å². The molecule has 0 saturated heterocycles. The lowest BCUT2D eigenvalue weighted by atomic mass is 10.1. The lowest BCUT2D eigenvalue weighted by Gasteiger charge is -2.18. The molecule has 0 fully saturated rings. The highest BCUT2D eigenvalue weighted by Gasteiger charge is 2.28. The third-order valence-corrected chi connectivity index (χ3v) is 9.43. The molecule has 4 N–H and O–H groups in total. The molecule has 3 unspecified atom stereocenters. The molecule has 0 aromatic heterocycles. The Balaban J connectivity index is 4.03. The van der Waals surface area contributed by atoms with Crippen molar-refractivity contribution in [3.05, 3.63) is 72.9 Å². The molecule has 3 atom stereocenters. The van der Waals surface area contributed by atoms with Crippen LogP contribution in [0.3, 0.4) is 0 Å². The molecule has 0 aromatic carbocycles. The number of allylic oxidation sites excluding steroid dienone is 12.